The first-order valence-corrected chi connectivity index (χ1v) is 5.67. The SMILES string of the molecule is CC(C)(CCl)Cc1ccccc1Br. The van der Waals surface area contributed by atoms with Gasteiger partial charge < -0.3 is 0 Å². The van der Waals surface area contributed by atoms with Crippen LogP contribution in [-0.2, 0) is 6.42 Å². The van der Waals surface area contributed by atoms with Crippen molar-refractivity contribution in [1.29, 1.82) is 0 Å². The van der Waals surface area contributed by atoms with E-state index in [4.69, 9.17) is 11.6 Å². The van der Waals surface area contributed by atoms with Crippen LogP contribution < -0.4 is 0 Å². The Balaban J connectivity index is 2.80. The molecule has 0 unspecified atom stereocenters. The average molecular weight is 262 g/mol. The van der Waals surface area contributed by atoms with Gasteiger partial charge in [-0.15, -0.1) is 11.6 Å². The minimum atomic E-state index is 0.172. The van der Waals surface area contributed by atoms with Crippen LogP contribution in [0.5, 0.6) is 0 Å². The first-order chi connectivity index (χ1) is 6.05. The Morgan fingerprint density at radius 2 is 1.92 bits per heavy atom. The Kier molecular flexibility index (Phi) is 3.81. The lowest BCUT2D eigenvalue weighted by atomic mass is 9.88. The molecule has 1 aromatic rings. The molecule has 1 aromatic carbocycles. The number of benzene rings is 1. The lowest BCUT2D eigenvalue weighted by molar-refractivity contribution is 0.417. The predicted octanol–water partition coefficient (Wildman–Crippen LogP) is 4.26. The molecule has 2 heteroatoms. The minimum Gasteiger partial charge on any atom is -0.126 e. The Bertz CT molecular complexity index is 281. The second kappa shape index (κ2) is 4.47. The van der Waals surface area contributed by atoms with Gasteiger partial charge in [-0.2, -0.15) is 0 Å². The van der Waals surface area contributed by atoms with Crippen LogP contribution in [0.25, 0.3) is 0 Å². The first-order valence-electron chi connectivity index (χ1n) is 4.34. The topological polar surface area (TPSA) is 0 Å². The van der Waals surface area contributed by atoms with Crippen molar-refractivity contribution in [3.05, 3.63) is 34.3 Å². The van der Waals surface area contributed by atoms with Crippen LogP contribution in [0.3, 0.4) is 0 Å². The molecule has 0 aliphatic rings. The maximum atomic E-state index is 5.88. The number of halogens is 2. The fourth-order valence-corrected chi connectivity index (χ4v) is 1.72. The van der Waals surface area contributed by atoms with Crippen molar-refractivity contribution in [2.24, 2.45) is 5.41 Å². The van der Waals surface area contributed by atoms with Crippen LogP contribution in [0.15, 0.2) is 28.7 Å². The third-order valence-corrected chi connectivity index (χ3v) is 3.49. The summed E-state index contributed by atoms with van der Waals surface area (Å²) in [4.78, 5) is 0. The number of hydrogen-bond donors (Lipinski definition) is 0. The minimum absolute atomic E-state index is 0.172. The molecular weight excluding hydrogens is 247 g/mol. The van der Waals surface area contributed by atoms with Crippen molar-refractivity contribution in [3.8, 4) is 0 Å². The van der Waals surface area contributed by atoms with Crippen molar-refractivity contribution in [1.82, 2.24) is 0 Å². The maximum Gasteiger partial charge on any atom is 0.0277 e. The van der Waals surface area contributed by atoms with E-state index in [0.717, 1.165) is 6.42 Å². The Morgan fingerprint density at radius 1 is 1.31 bits per heavy atom. The van der Waals surface area contributed by atoms with E-state index >= 15 is 0 Å². The van der Waals surface area contributed by atoms with E-state index in [2.05, 4.69) is 48.0 Å². The largest absolute Gasteiger partial charge is 0.126 e. The average Bonchev–Trinajstić information content (AvgIpc) is 2.09. The summed E-state index contributed by atoms with van der Waals surface area (Å²) in [6.45, 7) is 4.36. The second-order valence-corrected chi connectivity index (χ2v) is 5.19. The normalized spacial score (nSPS) is 11.7. The highest BCUT2D eigenvalue weighted by Gasteiger charge is 2.17. The Hall–Kier alpha value is -0.0100. The molecule has 0 heterocycles. The first kappa shape index (κ1) is 11.1. The molecule has 0 amide bonds. The lowest BCUT2D eigenvalue weighted by Crippen LogP contribution is -2.16. The molecule has 0 radical (unpaired) electrons. The second-order valence-electron chi connectivity index (χ2n) is 4.07. The highest BCUT2D eigenvalue weighted by molar-refractivity contribution is 9.10. The third-order valence-electron chi connectivity index (χ3n) is 1.99. The van der Waals surface area contributed by atoms with Gasteiger partial charge in [-0.25, -0.2) is 0 Å². The van der Waals surface area contributed by atoms with Gasteiger partial charge >= 0.3 is 0 Å². The molecule has 0 aliphatic carbocycles. The molecular formula is C11H14BrCl. The van der Waals surface area contributed by atoms with Crippen LogP contribution >= 0.6 is 27.5 Å². The number of alkyl halides is 1. The third kappa shape index (κ3) is 3.32. The molecule has 0 saturated carbocycles. The molecule has 13 heavy (non-hydrogen) atoms. The molecule has 0 saturated heterocycles. The van der Waals surface area contributed by atoms with Crippen molar-refractivity contribution in [2.45, 2.75) is 20.3 Å². The molecule has 72 valence electrons. The number of hydrogen-bond acceptors (Lipinski definition) is 0. The van der Waals surface area contributed by atoms with Gasteiger partial charge in [0.1, 0.15) is 0 Å². The molecule has 0 aromatic heterocycles. The maximum absolute atomic E-state index is 5.88. The molecule has 0 bridgehead atoms. The van der Waals surface area contributed by atoms with Gasteiger partial charge in [-0.1, -0.05) is 48.0 Å². The summed E-state index contributed by atoms with van der Waals surface area (Å²) in [6, 6.07) is 8.30. The summed E-state index contributed by atoms with van der Waals surface area (Å²) in [6.07, 6.45) is 1.01. The van der Waals surface area contributed by atoms with Crippen molar-refractivity contribution in [2.75, 3.05) is 5.88 Å². The fourth-order valence-electron chi connectivity index (χ4n) is 1.20. The van der Waals surface area contributed by atoms with Crippen LogP contribution in [0.2, 0.25) is 0 Å². The van der Waals surface area contributed by atoms with Gasteiger partial charge in [0.2, 0.25) is 0 Å². The van der Waals surface area contributed by atoms with Gasteiger partial charge in [0.05, 0.1) is 0 Å². The molecule has 0 aliphatic heterocycles. The summed E-state index contributed by atoms with van der Waals surface area (Å²) in [5.41, 5.74) is 1.50. The molecule has 1 rings (SSSR count). The predicted molar refractivity (Wildman–Crippen MR) is 62.3 cm³/mol. The van der Waals surface area contributed by atoms with E-state index < -0.39 is 0 Å². The molecule has 0 atom stereocenters. The van der Waals surface area contributed by atoms with Crippen molar-refractivity contribution in [3.63, 3.8) is 0 Å². The summed E-state index contributed by atoms with van der Waals surface area (Å²) >= 11 is 9.42. The van der Waals surface area contributed by atoms with E-state index in [0.29, 0.717) is 5.88 Å². The summed E-state index contributed by atoms with van der Waals surface area (Å²) in [5.74, 6) is 0.689. The Morgan fingerprint density at radius 3 is 2.46 bits per heavy atom. The van der Waals surface area contributed by atoms with Gasteiger partial charge in [-0.3, -0.25) is 0 Å². The summed E-state index contributed by atoms with van der Waals surface area (Å²) in [7, 11) is 0. The van der Waals surface area contributed by atoms with Crippen LogP contribution in [-0.4, -0.2) is 5.88 Å². The fraction of sp³-hybridized carbons (Fsp3) is 0.455. The smallest absolute Gasteiger partial charge is 0.0277 e. The molecule has 0 spiro atoms. The van der Waals surface area contributed by atoms with Crippen molar-refractivity contribution < 1.29 is 0 Å². The van der Waals surface area contributed by atoms with Crippen LogP contribution in [0, 0.1) is 5.41 Å². The van der Waals surface area contributed by atoms with E-state index in [1.807, 2.05) is 6.07 Å². The van der Waals surface area contributed by atoms with E-state index in [9.17, 15) is 0 Å². The summed E-state index contributed by atoms with van der Waals surface area (Å²) < 4.78 is 1.17. The standard InChI is InChI=1S/C11H14BrCl/c1-11(2,8-13)7-9-5-3-4-6-10(9)12/h3-6H,7-8H2,1-2H3. The quantitative estimate of drug-likeness (QED) is 0.713. The van der Waals surface area contributed by atoms with Gasteiger partial charge in [-0.05, 0) is 23.5 Å². The highest BCUT2D eigenvalue weighted by atomic mass is 79.9. The van der Waals surface area contributed by atoms with Gasteiger partial charge in [0.25, 0.3) is 0 Å². The van der Waals surface area contributed by atoms with Gasteiger partial charge in [0, 0.05) is 10.4 Å². The Labute approximate surface area is 93.4 Å². The zero-order valence-corrected chi connectivity index (χ0v) is 10.3. The monoisotopic (exact) mass is 260 g/mol. The van der Waals surface area contributed by atoms with Gasteiger partial charge in [0.15, 0.2) is 0 Å². The zero-order valence-electron chi connectivity index (χ0n) is 7.98. The van der Waals surface area contributed by atoms with Crippen molar-refractivity contribution >= 4 is 27.5 Å². The van der Waals surface area contributed by atoms with E-state index in [1.54, 1.807) is 0 Å². The van der Waals surface area contributed by atoms with Crippen LogP contribution in [0.1, 0.15) is 19.4 Å². The lowest BCUT2D eigenvalue weighted by Gasteiger charge is -2.21. The number of rotatable bonds is 3. The molecule has 0 fully saturated rings. The van der Waals surface area contributed by atoms with Crippen LogP contribution in [0.4, 0.5) is 0 Å². The zero-order chi connectivity index (χ0) is 9.90. The highest BCUT2D eigenvalue weighted by Crippen LogP contribution is 2.27. The van der Waals surface area contributed by atoms with E-state index in [1.165, 1.54) is 10.0 Å². The van der Waals surface area contributed by atoms with E-state index in [-0.39, 0.29) is 5.41 Å². The molecule has 0 nitrogen and oxygen atoms in total. The summed E-state index contributed by atoms with van der Waals surface area (Å²) in [5, 5.41) is 0. The molecule has 0 N–H and O–H groups in total.